The molecule has 0 radical (unpaired) electrons. The summed E-state index contributed by atoms with van der Waals surface area (Å²) in [7, 11) is 0. The number of hydrogen-bond acceptors (Lipinski definition) is 5. The predicted molar refractivity (Wildman–Crippen MR) is 138 cm³/mol. The van der Waals surface area contributed by atoms with Crippen LogP contribution in [0.4, 0.5) is 10.1 Å². The third kappa shape index (κ3) is 3.31. The number of benzene rings is 2. The minimum absolute atomic E-state index is 0.117. The zero-order valence-electron chi connectivity index (χ0n) is 20.6. The molecule has 1 fully saturated rings. The van der Waals surface area contributed by atoms with Gasteiger partial charge in [-0.25, -0.2) is 4.39 Å². The van der Waals surface area contributed by atoms with Crippen LogP contribution < -0.4 is 4.90 Å². The lowest BCUT2D eigenvalue weighted by Crippen LogP contribution is -2.39. The number of phenols is 1. The summed E-state index contributed by atoms with van der Waals surface area (Å²) in [6, 6.07) is 11.0. The fraction of sp³-hybridized carbons (Fsp3) is 0.226. The van der Waals surface area contributed by atoms with Gasteiger partial charge in [0.25, 0.3) is 0 Å². The molecule has 4 atom stereocenters. The van der Waals surface area contributed by atoms with E-state index in [4.69, 9.17) is 0 Å². The van der Waals surface area contributed by atoms with E-state index in [0.29, 0.717) is 11.3 Å². The number of allylic oxidation sites excluding steroid dienone is 6. The number of phenolic OH excluding ortho intramolecular Hbond substituents is 1. The second-order valence-corrected chi connectivity index (χ2v) is 10.2. The predicted octanol–water partition coefficient (Wildman–Crippen LogP) is 4.81. The first kappa shape index (κ1) is 24.0. The van der Waals surface area contributed by atoms with Crippen LogP contribution in [0.15, 0.2) is 83.5 Å². The molecule has 6 nitrogen and oxygen atoms in total. The second-order valence-electron chi connectivity index (χ2n) is 10.2. The van der Waals surface area contributed by atoms with Gasteiger partial charge in [0.2, 0.25) is 11.8 Å². The number of fused-ring (bicyclic) bond motifs is 3. The number of nitrogens with zero attached hydrogens (tertiary/aromatic N) is 1. The van der Waals surface area contributed by atoms with Gasteiger partial charge in [-0.3, -0.25) is 24.1 Å². The molecular formula is C31H24FNO5. The van der Waals surface area contributed by atoms with E-state index in [2.05, 4.69) is 6.58 Å². The smallest absolute Gasteiger partial charge is 0.238 e. The summed E-state index contributed by atoms with van der Waals surface area (Å²) in [5.41, 5.74) is 2.87. The molecule has 190 valence electrons. The molecule has 0 saturated carbocycles. The molecule has 1 N–H and O–H groups in total. The number of anilines is 1. The van der Waals surface area contributed by atoms with E-state index in [9.17, 15) is 28.7 Å². The SMILES string of the molecule is C=Cc1ccc(N2C(=O)[C@H]3[C@H](CC=C4[C@H](c5cccc(F)c5O)C5=C(C[C@H]43)C(=O)C=C(C)C5=O)C2=O)cc1. The number of rotatable bonds is 3. The second kappa shape index (κ2) is 8.58. The van der Waals surface area contributed by atoms with Crippen molar-refractivity contribution in [2.75, 3.05) is 4.90 Å². The van der Waals surface area contributed by atoms with Crippen LogP contribution in [0.25, 0.3) is 6.08 Å². The molecule has 2 aromatic rings. The van der Waals surface area contributed by atoms with Gasteiger partial charge in [0, 0.05) is 28.2 Å². The zero-order chi connectivity index (χ0) is 26.9. The van der Waals surface area contributed by atoms with Crippen molar-refractivity contribution in [2.45, 2.75) is 25.7 Å². The van der Waals surface area contributed by atoms with Crippen LogP contribution in [-0.2, 0) is 19.2 Å². The highest BCUT2D eigenvalue weighted by atomic mass is 19.1. The van der Waals surface area contributed by atoms with E-state index < -0.39 is 35.2 Å². The molecule has 4 aliphatic rings. The molecule has 2 aromatic carbocycles. The quantitative estimate of drug-likeness (QED) is 0.364. The topological polar surface area (TPSA) is 91.8 Å². The van der Waals surface area contributed by atoms with Crippen LogP contribution in [0.3, 0.4) is 0 Å². The molecular weight excluding hydrogens is 485 g/mol. The van der Waals surface area contributed by atoms with Crippen molar-refractivity contribution in [1.82, 2.24) is 0 Å². The van der Waals surface area contributed by atoms with Crippen molar-refractivity contribution in [3.05, 3.63) is 100 Å². The summed E-state index contributed by atoms with van der Waals surface area (Å²) in [5.74, 6) is -5.62. The van der Waals surface area contributed by atoms with Crippen molar-refractivity contribution < 1.29 is 28.7 Å². The van der Waals surface area contributed by atoms with Crippen molar-refractivity contribution in [3.8, 4) is 5.75 Å². The number of hydrogen-bond donors (Lipinski definition) is 1. The number of carbonyl (C=O) groups excluding carboxylic acids is 4. The number of imide groups is 1. The van der Waals surface area contributed by atoms with Gasteiger partial charge in [0.05, 0.1) is 17.5 Å². The van der Waals surface area contributed by atoms with Gasteiger partial charge in [-0.2, -0.15) is 0 Å². The Morgan fingerprint density at radius 1 is 1.03 bits per heavy atom. The molecule has 0 aromatic heterocycles. The van der Waals surface area contributed by atoms with E-state index in [1.165, 1.54) is 23.1 Å². The summed E-state index contributed by atoms with van der Waals surface area (Å²) in [4.78, 5) is 55.1. The molecule has 1 aliphatic heterocycles. The lowest BCUT2D eigenvalue weighted by atomic mass is 9.59. The number of amides is 2. The molecule has 7 heteroatoms. The van der Waals surface area contributed by atoms with Crippen molar-refractivity contribution in [2.24, 2.45) is 17.8 Å². The first-order chi connectivity index (χ1) is 18.2. The van der Waals surface area contributed by atoms with Gasteiger partial charge in [-0.05, 0) is 55.5 Å². The minimum Gasteiger partial charge on any atom is -0.505 e. The molecule has 1 saturated heterocycles. The molecule has 0 unspecified atom stereocenters. The maximum absolute atomic E-state index is 14.5. The summed E-state index contributed by atoms with van der Waals surface area (Å²) < 4.78 is 14.5. The molecule has 3 aliphatic carbocycles. The molecule has 6 rings (SSSR count). The summed E-state index contributed by atoms with van der Waals surface area (Å²) in [5, 5.41) is 10.7. The number of aromatic hydroxyl groups is 1. The fourth-order valence-electron chi connectivity index (χ4n) is 6.50. The highest BCUT2D eigenvalue weighted by Gasteiger charge is 2.56. The van der Waals surface area contributed by atoms with Gasteiger partial charge in [-0.15, -0.1) is 0 Å². The monoisotopic (exact) mass is 509 g/mol. The van der Waals surface area contributed by atoms with Crippen molar-refractivity contribution in [1.29, 1.82) is 0 Å². The Labute approximate surface area is 218 Å². The minimum atomic E-state index is -0.899. The Kier molecular flexibility index (Phi) is 5.42. The maximum atomic E-state index is 14.5. The van der Waals surface area contributed by atoms with Crippen LogP contribution in [0.1, 0.15) is 36.8 Å². The van der Waals surface area contributed by atoms with Gasteiger partial charge < -0.3 is 5.11 Å². The van der Waals surface area contributed by atoms with Crippen LogP contribution in [0.2, 0.25) is 0 Å². The van der Waals surface area contributed by atoms with E-state index in [-0.39, 0.29) is 58.5 Å². The molecule has 38 heavy (non-hydrogen) atoms. The Morgan fingerprint density at radius 3 is 2.47 bits per heavy atom. The third-order valence-electron chi connectivity index (χ3n) is 8.28. The number of Topliss-reactive ketones (excluding diaryl/α,β-unsaturated/α-hetero) is 1. The van der Waals surface area contributed by atoms with E-state index in [1.54, 1.807) is 37.3 Å². The lowest BCUT2D eigenvalue weighted by Gasteiger charge is -2.42. The van der Waals surface area contributed by atoms with Gasteiger partial charge in [0.1, 0.15) is 0 Å². The number of carbonyl (C=O) groups is 4. The average molecular weight is 510 g/mol. The molecule has 2 amide bonds. The van der Waals surface area contributed by atoms with Gasteiger partial charge >= 0.3 is 0 Å². The first-order valence-corrected chi connectivity index (χ1v) is 12.5. The molecule has 0 spiro atoms. The Bertz CT molecular complexity index is 1560. The number of halogens is 1. The van der Waals surface area contributed by atoms with Crippen LogP contribution in [-0.4, -0.2) is 28.5 Å². The zero-order valence-corrected chi connectivity index (χ0v) is 20.6. The molecule has 1 heterocycles. The van der Waals surface area contributed by atoms with E-state index in [1.807, 2.05) is 6.08 Å². The summed E-state index contributed by atoms with van der Waals surface area (Å²) >= 11 is 0. The normalized spacial score (nSPS) is 26.5. The van der Waals surface area contributed by atoms with Gasteiger partial charge in [-0.1, -0.05) is 48.6 Å². The average Bonchev–Trinajstić information content (AvgIpc) is 3.17. The van der Waals surface area contributed by atoms with Crippen LogP contribution in [0.5, 0.6) is 5.75 Å². The van der Waals surface area contributed by atoms with E-state index in [0.717, 1.165) is 11.6 Å². The van der Waals surface area contributed by atoms with Crippen molar-refractivity contribution >= 4 is 35.1 Å². The number of ketones is 2. The highest BCUT2D eigenvalue weighted by molar-refractivity contribution is 6.25. The number of para-hydroxylation sites is 1. The summed E-state index contributed by atoms with van der Waals surface area (Å²) in [6.45, 7) is 5.28. The van der Waals surface area contributed by atoms with Crippen LogP contribution >= 0.6 is 0 Å². The molecule has 0 bridgehead atoms. The van der Waals surface area contributed by atoms with Crippen molar-refractivity contribution in [3.63, 3.8) is 0 Å². The largest absolute Gasteiger partial charge is 0.505 e. The standard InChI is InChI=1S/C31H24FNO5/c1-3-16-7-9-17(10-8-16)33-30(37)20-12-11-18-21(26(20)31(33)38)14-22-24(34)13-15(2)28(35)27(22)25(18)19-5-4-6-23(32)29(19)36/h3-11,13,20-21,25-26,36H,1,12,14H2,2H3/t20-,21+,25+,26-/m0/s1. The Balaban J connectivity index is 1.49. The maximum Gasteiger partial charge on any atom is 0.238 e. The van der Waals surface area contributed by atoms with Gasteiger partial charge in [0.15, 0.2) is 23.1 Å². The first-order valence-electron chi connectivity index (χ1n) is 12.5. The van der Waals surface area contributed by atoms with Crippen LogP contribution in [0, 0.1) is 23.6 Å². The Morgan fingerprint density at radius 2 is 1.76 bits per heavy atom. The Hall–Kier alpha value is -4.39. The highest BCUT2D eigenvalue weighted by Crippen LogP contribution is 2.56. The summed E-state index contributed by atoms with van der Waals surface area (Å²) in [6.07, 6.45) is 5.17. The lowest BCUT2D eigenvalue weighted by molar-refractivity contribution is -0.123. The van der Waals surface area contributed by atoms with E-state index >= 15 is 0 Å². The third-order valence-corrected chi connectivity index (χ3v) is 8.28. The fourth-order valence-corrected chi connectivity index (χ4v) is 6.50.